The van der Waals surface area contributed by atoms with E-state index in [-0.39, 0.29) is 16.6 Å². The number of benzodiazepines with no additional fused rings is 1. The molecule has 1 aliphatic heterocycles. The average molecular weight is 594 g/mol. The fourth-order valence-electron chi connectivity index (χ4n) is 4.26. The van der Waals surface area contributed by atoms with Gasteiger partial charge in [-0.3, -0.25) is 14.6 Å². The number of rotatable bonds is 7. The lowest BCUT2D eigenvalue weighted by atomic mass is 9.99. The van der Waals surface area contributed by atoms with Gasteiger partial charge < -0.3 is 20.1 Å². The second-order valence-corrected chi connectivity index (χ2v) is 9.72. The Hall–Kier alpha value is -4.54. The first kappa shape index (κ1) is 28.0. The summed E-state index contributed by atoms with van der Waals surface area (Å²) in [5.41, 5.74) is 1.73. The molecule has 3 heterocycles. The van der Waals surface area contributed by atoms with Crippen LogP contribution in [0.3, 0.4) is 0 Å². The van der Waals surface area contributed by atoms with E-state index in [0.29, 0.717) is 33.1 Å². The number of aromatic nitrogens is 2. The Kier molecular flexibility index (Phi) is 8.14. The molecular weight excluding hydrogens is 572 g/mol. The lowest BCUT2D eigenvalue weighted by Gasteiger charge is -2.18. The molecule has 0 saturated heterocycles. The van der Waals surface area contributed by atoms with E-state index in [2.05, 4.69) is 25.6 Å². The van der Waals surface area contributed by atoms with Crippen LogP contribution in [0.25, 0.3) is 0 Å². The molecule has 4 aromatic rings. The fraction of sp³-hybridized carbons (Fsp3) is 0.138. The predicted molar refractivity (Wildman–Crippen MR) is 152 cm³/mol. The number of carbonyl (C=O) groups excluding carboxylic acids is 2. The van der Waals surface area contributed by atoms with Crippen LogP contribution in [0.1, 0.15) is 40.1 Å². The van der Waals surface area contributed by atoms with Crippen molar-refractivity contribution < 1.29 is 23.5 Å². The first-order valence-electron chi connectivity index (χ1n) is 12.3. The van der Waals surface area contributed by atoms with Crippen LogP contribution < -0.4 is 20.1 Å². The second-order valence-electron chi connectivity index (χ2n) is 8.87. The van der Waals surface area contributed by atoms with E-state index in [1.807, 2.05) is 0 Å². The zero-order valence-electron chi connectivity index (χ0n) is 21.7. The Morgan fingerprint density at radius 2 is 1.93 bits per heavy atom. The zero-order chi connectivity index (χ0) is 29.1. The minimum Gasteiger partial charge on any atom is -0.496 e. The smallest absolute Gasteiger partial charge is 0.269 e. The number of pyridine rings is 2. The summed E-state index contributed by atoms with van der Waals surface area (Å²) in [5.74, 6) is -2.49. The van der Waals surface area contributed by atoms with E-state index in [4.69, 9.17) is 32.7 Å². The van der Waals surface area contributed by atoms with E-state index in [1.54, 1.807) is 61.8 Å². The fourth-order valence-corrected chi connectivity index (χ4v) is 4.82. The summed E-state index contributed by atoms with van der Waals surface area (Å²) in [6.07, 6.45) is 2.27. The first-order chi connectivity index (χ1) is 19.8. The summed E-state index contributed by atoms with van der Waals surface area (Å²) >= 11 is 12.8. The van der Waals surface area contributed by atoms with Gasteiger partial charge in [0, 0.05) is 34.7 Å². The molecule has 2 aromatic heterocycles. The van der Waals surface area contributed by atoms with Crippen molar-refractivity contribution in [2.45, 2.75) is 19.2 Å². The van der Waals surface area contributed by atoms with Gasteiger partial charge in [0.1, 0.15) is 23.2 Å². The van der Waals surface area contributed by atoms with Gasteiger partial charge in [-0.2, -0.15) is 0 Å². The summed E-state index contributed by atoms with van der Waals surface area (Å²) < 4.78 is 26.4. The van der Waals surface area contributed by atoms with Gasteiger partial charge >= 0.3 is 0 Å². The maximum Gasteiger partial charge on any atom is 0.269 e. The third-order valence-electron chi connectivity index (χ3n) is 6.22. The molecule has 2 N–H and O–H groups in total. The zero-order valence-corrected chi connectivity index (χ0v) is 23.2. The second kappa shape index (κ2) is 11.9. The van der Waals surface area contributed by atoms with Crippen molar-refractivity contribution in [3.63, 3.8) is 0 Å². The molecule has 0 spiro atoms. The van der Waals surface area contributed by atoms with Crippen LogP contribution in [0, 0.1) is 5.82 Å². The number of fused-ring (bicyclic) bond motifs is 1. The molecule has 2 amide bonds. The highest BCUT2D eigenvalue weighted by molar-refractivity contribution is 6.39. The highest BCUT2D eigenvalue weighted by Crippen LogP contribution is 2.36. The van der Waals surface area contributed by atoms with Crippen LogP contribution in [-0.4, -0.2) is 40.8 Å². The molecule has 5 rings (SSSR count). The van der Waals surface area contributed by atoms with Gasteiger partial charge in [-0.05, 0) is 37.3 Å². The number of aliphatic imine (C=N–C) groups is 1. The van der Waals surface area contributed by atoms with Crippen molar-refractivity contribution in [3.8, 4) is 11.6 Å². The van der Waals surface area contributed by atoms with Crippen molar-refractivity contribution in [2.24, 2.45) is 4.99 Å². The molecule has 2 atom stereocenters. The van der Waals surface area contributed by atoms with Gasteiger partial charge in [-0.15, -0.1) is 0 Å². The van der Waals surface area contributed by atoms with Crippen LogP contribution >= 0.6 is 23.2 Å². The molecule has 12 heteroatoms. The maximum absolute atomic E-state index is 15.1. The van der Waals surface area contributed by atoms with Crippen LogP contribution in [-0.2, 0) is 4.79 Å². The Balaban J connectivity index is 1.54. The summed E-state index contributed by atoms with van der Waals surface area (Å²) in [7, 11) is 1.44. The predicted octanol–water partition coefficient (Wildman–Crippen LogP) is 5.62. The van der Waals surface area contributed by atoms with Gasteiger partial charge in [0.25, 0.3) is 11.8 Å². The lowest BCUT2D eigenvalue weighted by molar-refractivity contribution is -0.117. The summed E-state index contributed by atoms with van der Waals surface area (Å²) in [5, 5.41) is 5.80. The SMILES string of the molecule is COc1cc(Cl)cc(Cl)c1C1=NC(NC(=O)c2c(F)ccnc2OC(C)c2cccnc2)C(=O)Nc2ccccc21. The molecule has 0 bridgehead atoms. The largest absolute Gasteiger partial charge is 0.496 e. The van der Waals surface area contributed by atoms with Crippen molar-refractivity contribution in [2.75, 3.05) is 12.4 Å². The number of ether oxygens (including phenoxy) is 2. The third kappa shape index (κ3) is 5.84. The minimum absolute atomic E-state index is 0.209. The van der Waals surface area contributed by atoms with Crippen LogP contribution in [0.15, 0.2) is 78.2 Å². The molecule has 208 valence electrons. The third-order valence-corrected chi connectivity index (χ3v) is 6.74. The number of nitrogens with zero attached hydrogens (tertiary/aromatic N) is 3. The molecule has 9 nitrogen and oxygen atoms in total. The number of carbonyl (C=O) groups is 2. The maximum atomic E-state index is 15.1. The van der Waals surface area contributed by atoms with E-state index in [1.165, 1.54) is 19.4 Å². The first-order valence-corrected chi connectivity index (χ1v) is 13.1. The van der Waals surface area contributed by atoms with Crippen molar-refractivity contribution in [1.29, 1.82) is 0 Å². The highest BCUT2D eigenvalue weighted by Gasteiger charge is 2.31. The van der Waals surface area contributed by atoms with Gasteiger partial charge in [0.15, 0.2) is 0 Å². The molecule has 1 aliphatic rings. The van der Waals surface area contributed by atoms with E-state index in [0.717, 1.165) is 6.07 Å². The van der Waals surface area contributed by atoms with Crippen LogP contribution in [0.4, 0.5) is 10.1 Å². The Bertz CT molecular complexity index is 1670. The Labute approximate surface area is 244 Å². The van der Waals surface area contributed by atoms with Crippen LogP contribution in [0.5, 0.6) is 11.6 Å². The quantitative estimate of drug-likeness (QED) is 0.287. The number of hydrogen-bond donors (Lipinski definition) is 2. The van der Waals surface area contributed by atoms with Crippen LogP contribution in [0.2, 0.25) is 10.0 Å². The number of benzene rings is 2. The number of methoxy groups -OCH3 is 1. The highest BCUT2D eigenvalue weighted by atomic mass is 35.5. The standard InChI is InChI=1S/C29H22Cl2FN5O4/c1-15(16-6-5-10-33-14-16)41-29-24(20(32)9-11-34-29)27(38)37-26-28(39)35-21-8-4-3-7-18(21)25(36-26)23-19(31)12-17(30)13-22(23)40-2/h3-15,26H,1-2H3,(H,35,39)(H,37,38). The van der Waals surface area contributed by atoms with Crippen molar-refractivity contribution in [3.05, 3.63) is 111 Å². The average Bonchev–Trinajstić information content (AvgIpc) is 3.09. The molecule has 0 fully saturated rings. The number of nitrogens with one attached hydrogen (secondary N) is 2. The van der Waals surface area contributed by atoms with E-state index in [9.17, 15) is 9.59 Å². The topological polar surface area (TPSA) is 115 Å². The lowest BCUT2D eigenvalue weighted by Crippen LogP contribution is -2.42. The summed E-state index contributed by atoms with van der Waals surface area (Å²) in [6.45, 7) is 1.71. The Morgan fingerprint density at radius 1 is 1.12 bits per heavy atom. The van der Waals surface area contributed by atoms with Gasteiger partial charge in [-0.25, -0.2) is 14.4 Å². The molecule has 0 saturated carbocycles. The summed E-state index contributed by atoms with van der Waals surface area (Å²) in [4.78, 5) is 39.5. The molecule has 2 unspecified atom stereocenters. The molecule has 0 radical (unpaired) electrons. The number of para-hydroxylation sites is 1. The van der Waals surface area contributed by atoms with Gasteiger partial charge in [0.2, 0.25) is 12.0 Å². The van der Waals surface area contributed by atoms with Crippen molar-refractivity contribution >= 4 is 46.4 Å². The Morgan fingerprint density at radius 3 is 2.68 bits per heavy atom. The van der Waals surface area contributed by atoms with Crippen molar-refractivity contribution in [1.82, 2.24) is 15.3 Å². The number of amides is 2. The molecule has 0 aliphatic carbocycles. The number of halogens is 3. The van der Waals surface area contributed by atoms with Gasteiger partial charge in [0.05, 0.1) is 29.1 Å². The molecule has 41 heavy (non-hydrogen) atoms. The number of hydrogen-bond acceptors (Lipinski definition) is 7. The van der Waals surface area contributed by atoms with E-state index < -0.39 is 35.5 Å². The summed E-state index contributed by atoms with van der Waals surface area (Å²) in [6, 6.07) is 14.5. The minimum atomic E-state index is -1.50. The van der Waals surface area contributed by atoms with E-state index >= 15 is 4.39 Å². The normalized spacial score (nSPS) is 15.1. The molecular formula is C29H22Cl2FN5O4. The molecule has 2 aromatic carbocycles. The number of anilines is 1. The monoisotopic (exact) mass is 593 g/mol. The van der Waals surface area contributed by atoms with Gasteiger partial charge in [-0.1, -0.05) is 47.5 Å².